The van der Waals surface area contributed by atoms with Gasteiger partial charge in [0, 0.05) is 11.4 Å². The summed E-state index contributed by atoms with van der Waals surface area (Å²) in [6, 6.07) is 1.19. The van der Waals surface area contributed by atoms with Gasteiger partial charge in [-0.25, -0.2) is 17.9 Å². The lowest BCUT2D eigenvalue weighted by Gasteiger charge is -2.03. The van der Waals surface area contributed by atoms with E-state index in [1.54, 1.807) is 6.92 Å². The number of hydrogen-bond donors (Lipinski definition) is 2. The van der Waals surface area contributed by atoms with Gasteiger partial charge in [-0.05, 0) is 19.4 Å². The van der Waals surface area contributed by atoms with Crippen LogP contribution in [0.3, 0.4) is 0 Å². The van der Waals surface area contributed by atoms with Crippen LogP contribution in [-0.2, 0) is 10.0 Å². The molecule has 1 aromatic heterocycles. The Morgan fingerprint density at radius 3 is 2.62 bits per heavy atom. The largest absolute Gasteiger partial charge is 0.477 e. The van der Waals surface area contributed by atoms with Gasteiger partial charge in [0.1, 0.15) is 4.88 Å². The number of aryl methyl sites for hydroxylation is 1. The van der Waals surface area contributed by atoms with Gasteiger partial charge in [0.05, 0.1) is 4.90 Å². The van der Waals surface area contributed by atoms with Crippen molar-refractivity contribution in [2.45, 2.75) is 25.2 Å². The van der Waals surface area contributed by atoms with Crippen LogP contribution in [0, 0.1) is 6.92 Å². The summed E-state index contributed by atoms with van der Waals surface area (Å²) in [4.78, 5) is 11.3. The van der Waals surface area contributed by atoms with Crippen LogP contribution in [0.15, 0.2) is 11.0 Å². The van der Waals surface area contributed by atoms with Crippen LogP contribution >= 0.6 is 11.3 Å². The summed E-state index contributed by atoms with van der Waals surface area (Å²) in [7, 11) is -3.57. The normalized spacial score (nSPS) is 11.6. The third-order valence-electron chi connectivity index (χ3n) is 1.91. The summed E-state index contributed by atoms with van der Waals surface area (Å²) in [5.41, 5.74) is 0. The molecule has 0 fully saturated rings. The summed E-state index contributed by atoms with van der Waals surface area (Å²) in [6.07, 6.45) is 0.689. The fourth-order valence-electron chi connectivity index (χ4n) is 1.15. The minimum atomic E-state index is -3.57. The third kappa shape index (κ3) is 2.81. The highest BCUT2D eigenvalue weighted by molar-refractivity contribution is 7.89. The van der Waals surface area contributed by atoms with Crippen molar-refractivity contribution in [3.8, 4) is 0 Å². The number of aromatic carboxylic acids is 1. The van der Waals surface area contributed by atoms with E-state index in [4.69, 9.17) is 5.11 Å². The van der Waals surface area contributed by atoms with E-state index < -0.39 is 16.0 Å². The van der Waals surface area contributed by atoms with Crippen LogP contribution in [0.25, 0.3) is 0 Å². The number of nitrogens with one attached hydrogen (secondary N) is 1. The monoisotopic (exact) mass is 263 g/mol. The van der Waals surface area contributed by atoms with Gasteiger partial charge in [-0.15, -0.1) is 11.3 Å². The van der Waals surface area contributed by atoms with Crippen molar-refractivity contribution in [3.63, 3.8) is 0 Å². The molecular formula is C9H13NO4S2. The van der Waals surface area contributed by atoms with Crippen molar-refractivity contribution in [3.05, 3.63) is 15.8 Å². The van der Waals surface area contributed by atoms with Gasteiger partial charge in [-0.1, -0.05) is 6.92 Å². The van der Waals surface area contributed by atoms with Crippen molar-refractivity contribution < 1.29 is 18.3 Å². The molecule has 2 N–H and O–H groups in total. The Bertz CT molecular complexity index is 490. The second kappa shape index (κ2) is 4.94. The molecule has 0 amide bonds. The molecule has 0 unspecified atom stereocenters. The first kappa shape index (κ1) is 13.1. The molecule has 1 rings (SSSR count). The molecule has 1 aromatic rings. The Morgan fingerprint density at radius 2 is 2.19 bits per heavy atom. The van der Waals surface area contributed by atoms with Crippen molar-refractivity contribution in [1.29, 1.82) is 0 Å². The van der Waals surface area contributed by atoms with Crippen molar-refractivity contribution >= 4 is 27.3 Å². The second-order valence-electron chi connectivity index (χ2n) is 3.23. The van der Waals surface area contributed by atoms with Crippen LogP contribution in [-0.4, -0.2) is 26.0 Å². The van der Waals surface area contributed by atoms with E-state index >= 15 is 0 Å². The zero-order valence-electron chi connectivity index (χ0n) is 8.98. The van der Waals surface area contributed by atoms with E-state index in [9.17, 15) is 13.2 Å². The fraction of sp³-hybridized carbons (Fsp3) is 0.444. The van der Waals surface area contributed by atoms with Gasteiger partial charge < -0.3 is 5.11 Å². The topological polar surface area (TPSA) is 83.5 Å². The summed E-state index contributed by atoms with van der Waals surface area (Å²) < 4.78 is 25.9. The van der Waals surface area contributed by atoms with Gasteiger partial charge in [0.15, 0.2) is 0 Å². The van der Waals surface area contributed by atoms with Crippen molar-refractivity contribution in [2.75, 3.05) is 6.54 Å². The first-order valence-corrected chi connectivity index (χ1v) is 7.02. The van der Waals surface area contributed by atoms with Gasteiger partial charge in [0.25, 0.3) is 0 Å². The zero-order chi connectivity index (χ0) is 12.3. The maximum absolute atomic E-state index is 11.8. The van der Waals surface area contributed by atoms with Gasteiger partial charge in [-0.2, -0.15) is 0 Å². The lowest BCUT2D eigenvalue weighted by molar-refractivity contribution is 0.0702. The predicted molar refractivity (Wildman–Crippen MR) is 61.5 cm³/mol. The number of carboxylic acid groups (broad SMARTS) is 1. The van der Waals surface area contributed by atoms with E-state index in [1.165, 1.54) is 6.07 Å². The van der Waals surface area contributed by atoms with Gasteiger partial charge >= 0.3 is 5.97 Å². The second-order valence-corrected chi connectivity index (χ2v) is 6.23. The molecule has 0 spiro atoms. The molecule has 16 heavy (non-hydrogen) atoms. The summed E-state index contributed by atoms with van der Waals surface area (Å²) in [5, 5.41) is 8.76. The Hall–Kier alpha value is -0.920. The molecule has 0 radical (unpaired) electrons. The fourth-order valence-corrected chi connectivity index (χ4v) is 3.71. The third-order valence-corrected chi connectivity index (χ3v) is 4.67. The average Bonchev–Trinajstić information content (AvgIpc) is 2.58. The highest BCUT2D eigenvalue weighted by Gasteiger charge is 2.21. The molecule has 0 aliphatic carbocycles. The maximum atomic E-state index is 11.8. The summed E-state index contributed by atoms with van der Waals surface area (Å²) in [5.74, 6) is -1.11. The Labute approximate surface area is 98.2 Å². The molecular weight excluding hydrogens is 250 g/mol. The minimum absolute atomic E-state index is 0.0365. The molecule has 7 heteroatoms. The van der Waals surface area contributed by atoms with Crippen molar-refractivity contribution in [1.82, 2.24) is 4.72 Å². The van der Waals surface area contributed by atoms with E-state index in [0.29, 0.717) is 17.8 Å². The molecule has 0 bridgehead atoms. The SMILES string of the molecule is CCCNS(=O)(=O)c1cc(C(=O)O)sc1C. The number of sulfonamides is 1. The number of carboxylic acids is 1. The van der Waals surface area contributed by atoms with Crippen LogP contribution < -0.4 is 4.72 Å². The lowest BCUT2D eigenvalue weighted by atomic mass is 10.4. The molecule has 0 aliphatic rings. The first-order chi connectivity index (χ1) is 7.38. The number of rotatable bonds is 5. The minimum Gasteiger partial charge on any atom is -0.477 e. The van der Waals surface area contributed by atoms with E-state index in [0.717, 1.165) is 11.3 Å². The number of thiophene rings is 1. The Balaban J connectivity index is 3.08. The van der Waals surface area contributed by atoms with Crippen LogP contribution in [0.4, 0.5) is 0 Å². The molecule has 0 saturated carbocycles. The Morgan fingerprint density at radius 1 is 1.56 bits per heavy atom. The molecule has 0 atom stereocenters. The van der Waals surface area contributed by atoms with Crippen LogP contribution in [0.1, 0.15) is 27.9 Å². The van der Waals surface area contributed by atoms with Gasteiger partial charge in [0.2, 0.25) is 10.0 Å². The highest BCUT2D eigenvalue weighted by Crippen LogP contribution is 2.25. The molecule has 0 saturated heterocycles. The first-order valence-electron chi connectivity index (χ1n) is 4.72. The summed E-state index contributed by atoms with van der Waals surface area (Å²) in [6.45, 7) is 3.79. The molecule has 5 nitrogen and oxygen atoms in total. The van der Waals surface area contributed by atoms with Crippen molar-refractivity contribution in [2.24, 2.45) is 0 Å². The van der Waals surface area contributed by atoms with E-state index in [-0.39, 0.29) is 9.77 Å². The number of hydrogen-bond acceptors (Lipinski definition) is 4. The molecule has 0 aliphatic heterocycles. The maximum Gasteiger partial charge on any atom is 0.345 e. The number of carbonyl (C=O) groups is 1. The highest BCUT2D eigenvalue weighted by atomic mass is 32.2. The smallest absolute Gasteiger partial charge is 0.345 e. The zero-order valence-corrected chi connectivity index (χ0v) is 10.6. The standard InChI is InChI=1S/C9H13NO4S2/c1-3-4-10-16(13,14)8-5-7(9(11)12)15-6(8)2/h5,10H,3-4H2,1-2H3,(H,11,12). The molecule has 90 valence electrons. The molecule has 1 heterocycles. The predicted octanol–water partition coefficient (Wildman–Crippen LogP) is 1.44. The molecule has 0 aromatic carbocycles. The van der Waals surface area contributed by atoms with Gasteiger partial charge in [-0.3, -0.25) is 0 Å². The van der Waals surface area contributed by atoms with Crippen LogP contribution in [0.2, 0.25) is 0 Å². The van der Waals surface area contributed by atoms with E-state index in [1.807, 2.05) is 6.92 Å². The average molecular weight is 263 g/mol. The summed E-state index contributed by atoms with van der Waals surface area (Å²) >= 11 is 0.964. The van der Waals surface area contributed by atoms with E-state index in [2.05, 4.69) is 4.72 Å². The Kier molecular flexibility index (Phi) is 4.06. The lowest BCUT2D eigenvalue weighted by Crippen LogP contribution is -2.24. The van der Waals surface area contributed by atoms with Crippen LogP contribution in [0.5, 0.6) is 0 Å². The quantitative estimate of drug-likeness (QED) is 0.842.